The van der Waals surface area contributed by atoms with Crippen LogP contribution in [0.2, 0.25) is 0 Å². The van der Waals surface area contributed by atoms with Crippen LogP contribution in [0.5, 0.6) is 0 Å². The van der Waals surface area contributed by atoms with Gasteiger partial charge in [0.1, 0.15) is 0 Å². The lowest BCUT2D eigenvalue weighted by atomic mass is 9.85. The van der Waals surface area contributed by atoms with E-state index in [4.69, 9.17) is 0 Å². The summed E-state index contributed by atoms with van der Waals surface area (Å²) in [6, 6.07) is 9.58. The van der Waals surface area contributed by atoms with E-state index in [1.807, 2.05) is 0 Å². The third kappa shape index (κ3) is 3.99. The van der Waals surface area contributed by atoms with Crippen molar-refractivity contribution in [3.63, 3.8) is 0 Å². The molecule has 0 radical (unpaired) electrons. The van der Waals surface area contributed by atoms with Crippen LogP contribution in [0, 0.1) is 5.41 Å². The Balaban J connectivity index is 2.02. The number of nitrogens with zero attached hydrogens (tertiary/aromatic N) is 1. The van der Waals surface area contributed by atoms with E-state index >= 15 is 0 Å². The molecule has 1 saturated heterocycles. The molecule has 1 aromatic rings. The van der Waals surface area contributed by atoms with E-state index < -0.39 is 0 Å². The molecule has 2 nitrogen and oxygen atoms in total. The highest BCUT2D eigenvalue weighted by atomic mass is 15.1. The molecule has 1 unspecified atom stereocenters. The topological polar surface area (TPSA) is 15.3 Å². The van der Waals surface area contributed by atoms with Gasteiger partial charge in [0.2, 0.25) is 0 Å². The normalized spacial score (nSPS) is 20.5. The van der Waals surface area contributed by atoms with Crippen LogP contribution >= 0.6 is 0 Å². The Morgan fingerprint density at radius 3 is 2.50 bits per heavy atom. The van der Waals surface area contributed by atoms with E-state index in [1.165, 1.54) is 43.6 Å². The minimum absolute atomic E-state index is 0.442. The second kappa shape index (κ2) is 6.62. The quantitative estimate of drug-likeness (QED) is 0.877. The van der Waals surface area contributed by atoms with Crippen LogP contribution in [-0.2, 0) is 0 Å². The van der Waals surface area contributed by atoms with Crippen LogP contribution in [0.1, 0.15) is 58.6 Å². The van der Waals surface area contributed by atoms with Gasteiger partial charge in [-0.25, -0.2) is 0 Å². The smallest absolute Gasteiger partial charge is 0.0366 e. The molecule has 2 heteroatoms. The first kappa shape index (κ1) is 15.4. The van der Waals surface area contributed by atoms with Crippen LogP contribution in [0.25, 0.3) is 0 Å². The highest BCUT2D eigenvalue weighted by molar-refractivity contribution is 5.48. The molecule has 1 heterocycles. The van der Waals surface area contributed by atoms with Gasteiger partial charge in [0.05, 0.1) is 0 Å². The first-order valence-corrected chi connectivity index (χ1v) is 8.10. The van der Waals surface area contributed by atoms with Crippen LogP contribution in [0.3, 0.4) is 0 Å². The van der Waals surface area contributed by atoms with Crippen molar-refractivity contribution in [1.82, 2.24) is 5.32 Å². The molecule has 1 fully saturated rings. The average Bonchev–Trinajstić information content (AvgIpc) is 2.60. The van der Waals surface area contributed by atoms with Crippen LogP contribution in [-0.4, -0.2) is 19.6 Å². The van der Waals surface area contributed by atoms with Crippen molar-refractivity contribution in [3.05, 3.63) is 29.8 Å². The van der Waals surface area contributed by atoms with Gasteiger partial charge < -0.3 is 10.2 Å². The molecule has 0 bridgehead atoms. The van der Waals surface area contributed by atoms with Crippen molar-refractivity contribution in [2.75, 3.05) is 24.5 Å². The molecule has 0 spiro atoms. The number of anilines is 1. The summed E-state index contributed by atoms with van der Waals surface area (Å²) in [7, 11) is 0. The van der Waals surface area contributed by atoms with E-state index in [1.54, 1.807) is 0 Å². The Labute approximate surface area is 124 Å². The molecule has 1 aliphatic rings. The maximum Gasteiger partial charge on any atom is 0.0366 e. The van der Waals surface area contributed by atoms with Crippen molar-refractivity contribution >= 4 is 5.69 Å². The van der Waals surface area contributed by atoms with Gasteiger partial charge in [0, 0.05) is 24.8 Å². The first-order valence-electron chi connectivity index (χ1n) is 8.10. The standard InChI is InChI=1S/C18H30N2/c1-5-19-15(2)16-7-9-17(10-8-16)20-13-6-11-18(3,4)12-14-20/h7-10,15,19H,5-6,11-14H2,1-4H3. The maximum absolute atomic E-state index is 3.47. The van der Waals surface area contributed by atoms with Gasteiger partial charge in [0.25, 0.3) is 0 Å². The van der Waals surface area contributed by atoms with E-state index in [0.717, 1.165) is 6.54 Å². The fraction of sp³-hybridized carbons (Fsp3) is 0.667. The third-order valence-electron chi connectivity index (χ3n) is 4.61. The van der Waals surface area contributed by atoms with E-state index in [9.17, 15) is 0 Å². The number of rotatable bonds is 4. The zero-order chi connectivity index (χ0) is 14.6. The van der Waals surface area contributed by atoms with Crippen molar-refractivity contribution in [2.45, 2.75) is 53.0 Å². The lowest BCUT2D eigenvalue weighted by Crippen LogP contribution is -2.25. The molecule has 2 rings (SSSR count). The summed E-state index contributed by atoms with van der Waals surface area (Å²) in [5.41, 5.74) is 3.27. The molecular formula is C18H30N2. The Bertz CT molecular complexity index is 408. The molecule has 0 saturated carbocycles. The van der Waals surface area contributed by atoms with E-state index in [-0.39, 0.29) is 0 Å². The largest absolute Gasteiger partial charge is 0.372 e. The molecule has 1 aliphatic heterocycles. The summed E-state index contributed by atoms with van der Waals surface area (Å²) in [5.74, 6) is 0. The minimum atomic E-state index is 0.442. The van der Waals surface area contributed by atoms with E-state index in [0.29, 0.717) is 11.5 Å². The predicted octanol–water partition coefficient (Wildman–Crippen LogP) is 4.37. The molecule has 112 valence electrons. The summed E-state index contributed by atoms with van der Waals surface area (Å²) >= 11 is 0. The zero-order valence-corrected chi connectivity index (χ0v) is 13.6. The van der Waals surface area contributed by atoms with Gasteiger partial charge in [-0.05, 0) is 55.8 Å². The van der Waals surface area contributed by atoms with Gasteiger partial charge in [-0.15, -0.1) is 0 Å². The van der Waals surface area contributed by atoms with Crippen molar-refractivity contribution in [2.24, 2.45) is 5.41 Å². The lowest BCUT2D eigenvalue weighted by molar-refractivity contribution is 0.325. The summed E-state index contributed by atoms with van der Waals surface area (Å²) in [6.45, 7) is 12.6. The number of nitrogens with one attached hydrogen (secondary N) is 1. The molecule has 20 heavy (non-hydrogen) atoms. The second-order valence-corrected chi connectivity index (χ2v) is 6.88. The van der Waals surface area contributed by atoms with Crippen molar-refractivity contribution in [1.29, 1.82) is 0 Å². The molecule has 0 aliphatic carbocycles. The third-order valence-corrected chi connectivity index (χ3v) is 4.61. The fourth-order valence-corrected chi connectivity index (χ4v) is 3.08. The van der Waals surface area contributed by atoms with Gasteiger partial charge in [-0.2, -0.15) is 0 Å². The summed E-state index contributed by atoms with van der Waals surface area (Å²) in [4.78, 5) is 2.55. The predicted molar refractivity (Wildman–Crippen MR) is 88.4 cm³/mol. The molecule has 1 N–H and O–H groups in total. The van der Waals surface area contributed by atoms with E-state index in [2.05, 4.69) is 62.2 Å². The lowest BCUT2D eigenvalue weighted by Gasteiger charge is -2.25. The van der Waals surface area contributed by atoms with Gasteiger partial charge in [0.15, 0.2) is 0 Å². The first-order chi connectivity index (χ1) is 9.52. The average molecular weight is 274 g/mol. The second-order valence-electron chi connectivity index (χ2n) is 6.88. The Morgan fingerprint density at radius 1 is 1.15 bits per heavy atom. The fourth-order valence-electron chi connectivity index (χ4n) is 3.08. The van der Waals surface area contributed by atoms with Crippen LogP contribution in [0.15, 0.2) is 24.3 Å². The Hall–Kier alpha value is -1.02. The zero-order valence-electron chi connectivity index (χ0n) is 13.6. The molecule has 0 amide bonds. The molecular weight excluding hydrogens is 244 g/mol. The number of hydrogen-bond donors (Lipinski definition) is 1. The van der Waals surface area contributed by atoms with Crippen molar-refractivity contribution < 1.29 is 0 Å². The summed E-state index contributed by atoms with van der Waals surface area (Å²) in [5, 5.41) is 3.47. The molecule has 0 aromatic heterocycles. The molecule has 1 aromatic carbocycles. The monoisotopic (exact) mass is 274 g/mol. The van der Waals surface area contributed by atoms with Crippen LogP contribution < -0.4 is 10.2 Å². The SMILES string of the molecule is CCNC(C)c1ccc(N2CCCC(C)(C)CC2)cc1. The van der Waals surface area contributed by atoms with Gasteiger partial charge in [-0.1, -0.05) is 32.9 Å². The Kier molecular flexibility index (Phi) is 5.09. The molecule has 1 atom stereocenters. The number of benzene rings is 1. The Morgan fingerprint density at radius 2 is 1.85 bits per heavy atom. The number of hydrogen-bond acceptors (Lipinski definition) is 2. The van der Waals surface area contributed by atoms with Gasteiger partial charge in [-0.3, -0.25) is 0 Å². The van der Waals surface area contributed by atoms with Crippen molar-refractivity contribution in [3.8, 4) is 0 Å². The van der Waals surface area contributed by atoms with Gasteiger partial charge >= 0.3 is 0 Å². The van der Waals surface area contributed by atoms with Crippen LogP contribution in [0.4, 0.5) is 5.69 Å². The minimum Gasteiger partial charge on any atom is -0.372 e. The highest BCUT2D eigenvalue weighted by Crippen LogP contribution is 2.31. The highest BCUT2D eigenvalue weighted by Gasteiger charge is 2.23. The summed E-state index contributed by atoms with van der Waals surface area (Å²) in [6.07, 6.45) is 3.95. The maximum atomic E-state index is 3.47. The summed E-state index contributed by atoms with van der Waals surface area (Å²) < 4.78 is 0.